The lowest BCUT2D eigenvalue weighted by atomic mass is 10.1. The Hall–Kier alpha value is -2.82. The fourth-order valence-electron chi connectivity index (χ4n) is 5.19. The van der Waals surface area contributed by atoms with E-state index < -0.39 is 84.5 Å². The number of hydrogen-bond acceptors (Lipinski definition) is 13. The predicted molar refractivity (Wildman–Crippen MR) is 238 cm³/mol. The molecule has 0 heterocycles. The molecule has 0 amide bonds. The minimum Gasteiger partial charge on any atom is -0.462 e. The van der Waals surface area contributed by atoms with Gasteiger partial charge in [0.15, 0.2) is 6.10 Å². The number of hydrogen-bond donors (Lipinski definition) is 7. The topological polar surface area (TPSA) is 256 Å². The highest BCUT2D eigenvalue weighted by molar-refractivity contribution is 7.47. The standard InChI is InChI=1S/C44H74O16P2/c1-3-5-7-8-9-10-11-12-13-14-15-16-17-22-26-32-43(49)56-36-40(37-59-62(54,55)58-35-39(46)34-57-61(51,52)53)60-44(50)33-27-31-42(48)41(47)30-25-21-19-18-20-24-29-38(45)28-23-6-4-2/h6,9-10,12-13,18-21,23-25,29-30,38-42,45-48H,3-5,7-8,11,14-17,22,26-28,31-37H2,1-2H3,(H,54,55)(H2,51,52,53)/b10-9-,13-12-,20-18+,21-19-,23-6-,29-24+,30-25-/t38-,39-,40+,41+,42+/m0/s1. The molecule has 16 nitrogen and oxygen atoms in total. The largest absolute Gasteiger partial charge is 0.472 e. The van der Waals surface area contributed by atoms with E-state index in [2.05, 4.69) is 40.3 Å². The van der Waals surface area contributed by atoms with Gasteiger partial charge in [0.1, 0.15) is 12.7 Å². The molecule has 0 saturated heterocycles. The first-order valence-corrected chi connectivity index (χ1v) is 24.6. The Morgan fingerprint density at radius 1 is 0.597 bits per heavy atom. The van der Waals surface area contributed by atoms with Gasteiger partial charge >= 0.3 is 27.6 Å². The van der Waals surface area contributed by atoms with Crippen LogP contribution in [-0.4, -0.2) is 104 Å². The highest BCUT2D eigenvalue weighted by Gasteiger charge is 2.28. The Kier molecular flexibility index (Phi) is 36.9. The zero-order valence-electron chi connectivity index (χ0n) is 36.5. The molecule has 0 radical (unpaired) electrons. The molecule has 0 aromatic heterocycles. The lowest BCUT2D eigenvalue weighted by Gasteiger charge is -2.21. The van der Waals surface area contributed by atoms with E-state index in [0.717, 1.165) is 51.4 Å². The minimum absolute atomic E-state index is 0.0161. The van der Waals surface area contributed by atoms with E-state index in [1.165, 1.54) is 25.3 Å². The van der Waals surface area contributed by atoms with E-state index in [4.69, 9.17) is 23.8 Å². The second-order valence-electron chi connectivity index (χ2n) is 14.4. The lowest BCUT2D eigenvalue weighted by molar-refractivity contribution is -0.161. The number of esters is 2. The number of phosphoric acid groups is 2. The average Bonchev–Trinajstić information content (AvgIpc) is 3.22. The van der Waals surface area contributed by atoms with Crippen LogP contribution in [0.4, 0.5) is 0 Å². The van der Waals surface area contributed by atoms with Crippen LogP contribution in [0.2, 0.25) is 0 Å². The second-order valence-corrected chi connectivity index (χ2v) is 17.1. The number of ether oxygens (including phenoxy) is 2. The summed E-state index contributed by atoms with van der Waals surface area (Å²) in [6.45, 7) is 1.11. The Morgan fingerprint density at radius 2 is 1.18 bits per heavy atom. The summed E-state index contributed by atoms with van der Waals surface area (Å²) in [4.78, 5) is 52.7. The maximum absolute atomic E-state index is 12.7. The molecule has 0 aromatic rings. The Bertz CT molecular complexity index is 1470. The van der Waals surface area contributed by atoms with E-state index in [0.29, 0.717) is 12.8 Å². The molecule has 0 fully saturated rings. The average molecular weight is 921 g/mol. The third kappa shape index (κ3) is 40.0. The molecule has 0 spiro atoms. The zero-order chi connectivity index (χ0) is 46.3. The zero-order valence-corrected chi connectivity index (χ0v) is 38.3. The molecular formula is C44H74O16P2. The molecule has 0 aliphatic heterocycles. The maximum atomic E-state index is 12.7. The lowest BCUT2D eigenvalue weighted by Crippen LogP contribution is -2.30. The summed E-state index contributed by atoms with van der Waals surface area (Å²) in [5.74, 6) is -1.39. The molecule has 1 unspecified atom stereocenters. The number of carbonyl (C=O) groups excluding carboxylic acids is 2. The third-order valence-electron chi connectivity index (χ3n) is 8.60. The molecule has 7 N–H and O–H groups in total. The van der Waals surface area contributed by atoms with Gasteiger partial charge in [0.2, 0.25) is 0 Å². The van der Waals surface area contributed by atoms with Crippen molar-refractivity contribution in [1.29, 1.82) is 0 Å². The van der Waals surface area contributed by atoms with Crippen molar-refractivity contribution in [2.24, 2.45) is 0 Å². The quantitative estimate of drug-likeness (QED) is 0.0103. The van der Waals surface area contributed by atoms with Crippen molar-refractivity contribution in [2.45, 2.75) is 154 Å². The van der Waals surface area contributed by atoms with Gasteiger partial charge in [0.05, 0.1) is 38.1 Å². The maximum Gasteiger partial charge on any atom is 0.472 e. The summed E-state index contributed by atoms with van der Waals surface area (Å²) >= 11 is 0. The number of carbonyl (C=O) groups is 2. The Balaban J connectivity index is 4.90. The van der Waals surface area contributed by atoms with Crippen LogP contribution < -0.4 is 0 Å². The summed E-state index contributed by atoms with van der Waals surface area (Å²) in [5.41, 5.74) is 0. The first-order valence-electron chi connectivity index (χ1n) is 21.6. The molecule has 0 aliphatic rings. The van der Waals surface area contributed by atoms with Crippen LogP contribution in [0.3, 0.4) is 0 Å². The van der Waals surface area contributed by atoms with Crippen molar-refractivity contribution in [3.63, 3.8) is 0 Å². The normalized spacial score (nSPS) is 16.3. The minimum atomic E-state index is -4.91. The van der Waals surface area contributed by atoms with Crippen LogP contribution >= 0.6 is 15.6 Å². The first-order chi connectivity index (χ1) is 29.6. The van der Waals surface area contributed by atoms with Gasteiger partial charge in [-0.2, -0.15) is 0 Å². The monoisotopic (exact) mass is 920 g/mol. The van der Waals surface area contributed by atoms with Crippen LogP contribution in [-0.2, 0) is 41.8 Å². The second kappa shape index (κ2) is 38.6. The van der Waals surface area contributed by atoms with Crippen molar-refractivity contribution in [2.75, 3.05) is 26.4 Å². The summed E-state index contributed by atoms with van der Waals surface area (Å²) in [6, 6.07) is 0. The van der Waals surface area contributed by atoms with E-state index in [9.17, 15) is 44.0 Å². The molecular weight excluding hydrogens is 846 g/mol. The Morgan fingerprint density at radius 3 is 1.84 bits per heavy atom. The smallest absolute Gasteiger partial charge is 0.462 e. The van der Waals surface area contributed by atoms with Crippen molar-refractivity contribution >= 4 is 27.6 Å². The van der Waals surface area contributed by atoms with Crippen molar-refractivity contribution < 1.29 is 76.9 Å². The van der Waals surface area contributed by atoms with E-state index in [1.54, 1.807) is 42.5 Å². The summed E-state index contributed by atoms with van der Waals surface area (Å²) in [5, 5.41) is 40.2. The van der Waals surface area contributed by atoms with Gasteiger partial charge in [-0.25, -0.2) is 9.13 Å². The third-order valence-corrected chi connectivity index (χ3v) is 10.0. The number of unbranched alkanes of at least 4 members (excludes halogenated alkanes) is 8. The number of allylic oxidation sites excluding steroid dienone is 11. The molecule has 0 saturated carbocycles. The SMILES string of the molecule is CC/C=C\C[C@H](O)/C=C/C=C/C=C\C=C/[C@@H](O)[C@H](O)CCCC(=O)O[C@H](COC(=O)CCCCCCC/C=C\C/C=C\CCCCC)COP(=O)(O)OC[C@@H](O)COP(=O)(O)O. The van der Waals surface area contributed by atoms with Gasteiger partial charge in [-0.1, -0.05) is 131 Å². The van der Waals surface area contributed by atoms with Gasteiger partial charge in [-0.3, -0.25) is 23.2 Å². The van der Waals surface area contributed by atoms with Crippen molar-refractivity contribution in [1.82, 2.24) is 0 Å². The predicted octanol–water partition coefficient (Wildman–Crippen LogP) is 7.69. The molecule has 0 aliphatic carbocycles. The molecule has 0 bridgehead atoms. The van der Waals surface area contributed by atoms with Crippen molar-refractivity contribution in [3.05, 3.63) is 85.1 Å². The number of aliphatic hydroxyl groups excluding tert-OH is 4. The van der Waals surface area contributed by atoms with E-state index >= 15 is 0 Å². The van der Waals surface area contributed by atoms with Crippen LogP contribution in [0.1, 0.15) is 123 Å². The molecule has 0 rings (SSSR count). The summed E-state index contributed by atoms with van der Waals surface area (Å²) < 4.78 is 47.5. The molecule has 62 heavy (non-hydrogen) atoms. The summed E-state index contributed by atoms with van der Waals surface area (Å²) in [7, 11) is -9.82. The van der Waals surface area contributed by atoms with Crippen LogP contribution in [0, 0.1) is 0 Å². The molecule has 6 atom stereocenters. The van der Waals surface area contributed by atoms with Gasteiger partial charge in [-0.05, 0) is 64.2 Å². The van der Waals surface area contributed by atoms with Crippen LogP contribution in [0.25, 0.3) is 0 Å². The van der Waals surface area contributed by atoms with Gasteiger partial charge in [0.25, 0.3) is 0 Å². The molecule has 18 heteroatoms. The van der Waals surface area contributed by atoms with Gasteiger partial charge in [0, 0.05) is 12.8 Å². The van der Waals surface area contributed by atoms with E-state index in [-0.39, 0.29) is 25.7 Å². The highest BCUT2D eigenvalue weighted by atomic mass is 31.2. The number of rotatable bonds is 39. The fraction of sp³-hybridized carbons (Fsp3) is 0.636. The van der Waals surface area contributed by atoms with Crippen LogP contribution in [0.15, 0.2) is 85.1 Å². The Labute approximate surface area is 368 Å². The van der Waals surface area contributed by atoms with Crippen molar-refractivity contribution in [3.8, 4) is 0 Å². The fourth-order valence-corrected chi connectivity index (χ4v) is 6.34. The highest BCUT2D eigenvalue weighted by Crippen LogP contribution is 2.43. The van der Waals surface area contributed by atoms with Gasteiger partial charge in [-0.15, -0.1) is 0 Å². The summed E-state index contributed by atoms with van der Waals surface area (Å²) in [6.07, 6.45) is 32.3. The molecule has 0 aromatic carbocycles. The van der Waals surface area contributed by atoms with Crippen LogP contribution in [0.5, 0.6) is 0 Å². The van der Waals surface area contributed by atoms with Gasteiger partial charge < -0.3 is 44.6 Å². The van der Waals surface area contributed by atoms with E-state index in [1.807, 2.05) is 19.1 Å². The first kappa shape index (κ1) is 59.2. The molecule has 356 valence electrons. The number of aliphatic hydroxyl groups is 4. The number of phosphoric ester groups is 2.